The molecule has 1 rings (SSSR count). The number of aliphatic hydroxyl groups is 1. The summed E-state index contributed by atoms with van der Waals surface area (Å²) in [4.78, 5) is 0. The summed E-state index contributed by atoms with van der Waals surface area (Å²) in [5.41, 5.74) is 0. The molecular weight excluding hydrogens is 183 g/mol. The van der Waals surface area contributed by atoms with E-state index in [-0.39, 0.29) is 12.6 Å². The maximum Gasteiger partial charge on any atom is 0.390 e. The van der Waals surface area contributed by atoms with Gasteiger partial charge in [0.25, 0.3) is 0 Å². The minimum Gasteiger partial charge on any atom is -0.392 e. The molecule has 1 saturated carbocycles. The summed E-state index contributed by atoms with van der Waals surface area (Å²) in [6, 6.07) is -0.137. The second kappa shape index (κ2) is 4.28. The van der Waals surface area contributed by atoms with Crippen molar-refractivity contribution in [3.05, 3.63) is 0 Å². The second-order valence-electron chi connectivity index (χ2n) is 3.42. The number of alkyl halides is 3. The first-order chi connectivity index (χ1) is 5.99. The minimum absolute atomic E-state index is 0.0920. The molecule has 0 aromatic rings. The van der Waals surface area contributed by atoms with Gasteiger partial charge in [0.2, 0.25) is 0 Å². The number of hydrogen-bond donors (Lipinski definition) is 2. The normalized spacial score (nSPS) is 29.5. The second-order valence-corrected chi connectivity index (χ2v) is 3.42. The third-order valence-electron chi connectivity index (χ3n) is 2.29. The van der Waals surface area contributed by atoms with E-state index in [1.165, 1.54) is 0 Å². The Hall–Kier alpha value is -0.290. The van der Waals surface area contributed by atoms with Crippen LogP contribution < -0.4 is 5.32 Å². The maximum absolute atomic E-state index is 11.7. The van der Waals surface area contributed by atoms with Gasteiger partial charge in [-0.15, -0.1) is 0 Å². The van der Waals surface area contributed by atoms with Crippen molar-refractivity contribution < 1.29 is 18.3 Å². The van der Waals surface area contributed by atoms with E-state index in [1.54, 1.807) is 0 Å². The van der Waals surface area contributed by atoms with Gasteiger partial charge in [-0.25, -0.2) is 0 Å². The lowest BCUT2D eigenvalue weighted by Crippen LogP contribution is -2.37. The Balaban J connectivity index is 2.12. The molecule has 2 N–H and O–H groups in total. The molecule has 2 nitrogen and oxygen atoms in total. The molecule has 1 aliphatic rings. The van der Waals surface area contributed by atoms with Crippen LogP contribution in [-0.2, 0) is 0 Å². The first kappa shape index (κ1) is 10.8. The molecule has 0 aromatic carbocycles. The monoisotopic (exact) mass is 197 g/mol. The number of nitrogens with one attached hydrogen (secondary N) is 1. The average molecular weight is 197 g/mol. The number of halogens is 3. The topological polar surface area (TPSA) is 32.3 Å². The molecule has 0 radical (unpaired) electrons. The van der Waals surface area contributed by atoms with E-state index in [4.69, 9.17) is 0 Å². The van der Waals surface area contributed by atoms with Crippen molar-refractivity contribution >= 4 is 0 Å². The Labute approximate surface area is 75.1 Å². The molecule has 5 heteroatoms. The van der Waals surface area contributed by atoms with Crippen LogP contribution in [0.3, 0.4) is 0 Å². The Morgan fingerprint density at radius 1 is 1.31 bits per heavy atom. The quantitative estimate of drug-likeness (QED) is 0.717. The summed E-state index contributed by atoms with van der Waals surface area (Å²) in [6.07, 6.45) is -3.02. The molecule has 1 aliphatic carbocycles. The van der Waals surface area contributed by atoms with E-state index in [0.29, 0.717) is 6.42 Å². The van der Waals surface area contributed by atoms with Gasteiger partial charge in [-0.3, -0.25) is 0 Å². The van der Waals surface area contributed by atoms with Crippen LogP contribution in [-0.4, -0.2) is 30.0 Å². The van der Waals surface area contributed by atoms with Gasteiger partial charge in [-0.05, 0) is 19.3 Å². The molecular formula is C8H14F3NO. The van der Waals surface area contributed by atoms with Crippen LogP contribution in [0.25, 0.3) is 0 Å². The van der Waals surface area contributed by atoms with Crippen LogP contribution in [0.15, 0.2) is 0 Å². The summed E-state index contributed by atoms with van der Waals surface area (Å²) in [6.45, 7) is -0.0920. The van der Waals surface area contributed by atoms with Crippen LogP contribution in [0.2, 0.25) is 0 Å². The highest BCUT2D eigenvalue weighted by Crippen LogP contribution is 2.21. The van der Waals surface area contributed by atoms with Gasteiger partial charge in [0.15, 0.2) is 0 Å². The molecule has 0 unspecified atom stereocenters. The fourth-order valence-electron chi connectivity index (χ4n) is 1.58. The molecule has 0 heterocycles. The molecule has 78 valence electrons. The number of rotatable bonds is 3. The predicted molar refractivity (Wildman–Crippen MR) is 42.3 cm³/mol. The smallest absolute Gasteiger partial charge is 0.390 e. The molecule has 0 spiro atoms. The molecule has 0 amide bonds. The van der Waals surface area contributed by atoms with E-state index in [9.17, 15) is 18.3 Å². The predicted octanol–water partition coefficient (Wildman–Crippen LogP) is 1.44. The van der Waals surface area contributed by atoms with Gasteiger partial charge in [-0.2, -0.15) is 13.2 Å². The zero-order valence-electron chi connectivity index (χ0n) is 7.27. The Morgan fingerprint density at radius 2 is 2.00 bits per heavy atom. The highest BCUT2D eigenvalue weighted by Gasteiger charge is 2.29. The molecule has 0 saturated heterocycles. The van der Waals surface area contributed by atoms with Crippen LogP contribution >= 0.6 is 0 Å². The fourth-order valence-corrected chi connectivity index (χ4v) is 1.58. The zero-order valence-corrected chi connectivity index (χ0v) is 7.27. The van der Waals surface area contributed by atoms with Crippen LogP contribution in [0.5, 0.6) is 0 Å². The lowest BCUT2D eigenvalue weighted by molar-refractivity contribution is -0.133. The van der Waals surface area contributed by atoms with Gasteiger partial charge in [0, 0.05) is 12.6 Å². The van der Waals surface area contributed by atoms with Crippen molar-refractivity contribution in [2.45, 2.75) is 44.0 Å². The van der Waals surface area contributed by atoms with E-state index in [0.717, 1.165) is 12.8 Å². The van der Waals surface area contributed by atoms with Gasteiger partial charge in [0.05, 0.1) is 12.5 Å². The summed E-state index contributed by atoms with van der Waals surface area (Å²) >= 11 is 0. The van der Waals surface area contributed by atoms with Crippen molar-refractivity contribution in [2.24, 2.45) is 0 Å². The maximum atomic E-state index is 11.7. The average Bonchev–Trinajstić information content (AvgIpc) is 2.34. The number of aliphatic hydroxyl groups excluding tert-OH is 1. The van der Waals surface area contributed by atoms with Crippen LogP contribution in [0, 0.1) is 0 Å². The molecule has 0 bridgehead atoms. The first-order valence-electron chi connectivity index (χ1n) is 4.47. The van der Waals surface area contributed by atoms with Gasteiger partial charge >= 0.3 is 6.18 Å². The van der Waals surface area contributed by atoms with Crippen molar-refractivity contribution in [2.75, 3.05) is 6.54 Å². The summed E-state index contributed by atoms with van der Waals surface area (Å²) < 4.78 is 35.2. The van der Waals surface area contributed by atoms with Crippen LogP contribution in [0.4, 0.5) is 13.2 Å². The summed E-state index contributed by atoms with van der Waals surface area (Å²) in [7, 11) is 0. The van der Waals surface area contributed by atoms with E-state index >= 15 is 0 Å². The van der Waals surface area contributed by atoms with E-state index in [2.05, 4.69) is 5.32 Å². The largest absolute Gasteiger partial charge is 0.392 e. The highest BCUT2D eigenvalue weighted by molar-refractivity contribution is 4.82. The summed E-state index contributed by atoms with van der Waals surface area (Å²) in [5.74, 6) is 0. The highest BCUT2D eigenvalue weighted by atomic mass is 19.4. The molecule has 1 fully saturated rings. The van der Waals surface area contributed by atoms with Crippen LogP contribution in [0.1, 0.15) is 25.7 Å². The molecule has 13 heavy (non-hydrogen) atoms. The first-order valence-corrected chi connectivity index (χ1v) is 4.47. The van der Waals surface area contributed by atoms with Gasteiger partial charge < -0.3 is 10.4 Å². The lowest BCUT2D eigenvalue weighted by Gasteiger charge is -2.16. The third-order valence-corrected chi connectivity index (χ3v) is 2.29. The number of hydrogen-bond acceptors (Lipinski definition) is 2. The molecule has 0 aromatic heterocycles. The third kappa shape index (κ3) is 3.95. The summed E-state index contributed by atoms with van der Waals surface area (Å²) in [5, 5.41) is 12.0. The Morgan fingerprint density at radius 3 is 2.46 bits per heavy atom. The minimum atomic E-state index is -4.10. The van der Waals surface area contributed by atoms with Crippen molar-refractivity contribution in [3.63, 3.8) is 0 Å². The SMILES string of the molecule is O[C@@H]1CCC[C@H]1NCCC(F)(F)F. The fraction of sp³-hybridized carbons (Fsp3) is 1.00. The van der Waals surface area contributed by atoms with E-state index < -0.39 is 18.7 Å². The lowest BCUT2D eigenvalue weighted by atomic mass is 10.2. The standard InChI is InChI=1S/C8H14F3NO/c9-8(10,11)4-5-12-6-2-1-3-7(6)13/h6-7,12-13H,1-5H2/t6-,7-/m1/s1. The van der Waals surface area contributed by atoms with E-state index in [1.807, 2.05) is 0 Å². The molecule has 2 atom stereocenters. The van der Waals surface area contributed by atoms with Gasteiger partial charge in [-0.1, -0.05) is 0 Å². The Bertz CT molecular complexity index is 160. The van der Waals surface area contributed by atoms with Crippen molar-refractivity contribution in [1.82, 2.24) is 5.32 Å². The van der Waals surface area contributed by atoms with Crippen molar-refractivity contribution in [3.8, 4) is 0 Å². The van der Waals surface area contributed by atoms with Crippen molar-refractivity contribution in [1.29, 1.82) is 0 Å². The molecule has 0 aliphatic heterocycles. The zero-order chi connectivity index (χ0) is 9.90. The Kier molecular flexibility index (Phi) is 3.55. The van der Waals surface area contributed by atoms with Gasteiger partial charge in [0.1, 0.15) is 0 Å².